The van der Waals surface area contributed by atoms with Crippen molar-refractivity contribution in [2.24, 2.45) is 23.7 Å². The number of rotatable bonds is 4. The summed E-state index contributed by atoms with van der Waals surface area (Å²) in [7, 11) is 0. The van der Waals surface area contributed by atoms with Gasteiger partial charge in [0.25, 0.3) is 0 Å². The van der Waals surface area contributed by atoms with Crippen LogP contribution >= 0.6 is 0 Å². The van der Waals surface area contributed by atoms with Crippen LogP contribution in [0.5, 0.6) is 0 Å². The fourth-order valence-electron chi connectivity index (χ4n) is 12.9. The van der Waals surface area contributed by atoms with Crippen molar-refractivity contribution in [3.8, 4) is 33.4 Å². The van der Waals surface area contributed by atoms with Crippen LogP contribution in [0.3, 0.4) is 0 Å². The number of hydrogen-bond acceptors (Lipinski definition) is 1. The van der Waals surface area contributed by atoms with E-state index in [2.05, 4.69) is 170 Å². The quantitative estimate of drug-likeness (QED) is 0.177. The Balaban J connectivity index is 1.01. The third kappa shape index (κ3) is 4.05. The minimum absolute atomic E-state index is 0.0746. The van der Waals surface area contributed by atoms with E-state index in [0.717, 1.165) is 23.7 Å². The Labute approximate surface area is 319 Å². The Hall–Kier alpha value is -5.40. The zero-order valence-electron chi connectivity index (χ0n) is 31.2. The first-order chi connectivity index (χ1) is 26.5. The van der Waals surface area contributed by atoms with Gasteiger partial charge in [-0.1, -0.05) is 135 Å². The highest BCUT2D eigenvalue weighted by atomic mass is 15.1. The number of hydrogen-bond donors (Lipinski definition) is 0. The minimum Gasteiger partial charge on any atom is -0.310 e. The Morgan fingerprint density at radius 3 is 1.85 bits per heavy atom. The Morgan fingerprint density at radius 2 is 1.06 bits per heavy atom. The molecule has 1 spiro atoms. The normalized spacial score (nSPS) is 24.7. The molecular weight excluding hydrogens is 651 g/mol. The van der Waals surface area contributed by atoms with E-state index in [1.54, 1.807) is 11.1 Å². The molecule has 0 aliphatic heterocycles. The maximum absolute atomic E-state index is 2.52. The highest BCUT2D eigenvalue weighted by Gasteiger charge is 2.61. The molecule has 13 rings (SSSR count). The second kappa shape index (κ2) is 11.1. The number of anilines is 3. The van der Waals surface area contributed by atoms with Gasteiger partial charge in [-0.2, -0.15) is 0 Å². The molecule has 7 aromatic rings. The summed E-state index contributed by atoms with van der Waals surface area (Å²) in [6.45, 7) is 4.75. The molecule has 0 unspecified atom stereocenters. The third-order valence-corrected chi connectivity index (χ3v) is 14.8. The Morgan fingerprint density at radius 1 is 0.463 bits per heavy atom. The molecule has 262 valence electrons. The molecule has 0 saturated heterocycles. The molecule has 6 aliphatic carbocycles. The molecule has 54 heavy (non-hydrogen) atoms. The second-order valence-corrected chi connectivity index (χ2v) is 17.7. The van der Waals surface area contributed by atoms with Crippen molar-refractivity contribution < 1.29 is 0 Å². The largest absolute Gasteiger partial charge is 0.310 e. The first-order valence-electron chi connectivity index (χ1n) is 20.4. The van der Waals surface area contributed by atoms with E-state index < -0.39 is 0 Å². The van der Waals surface area contributed by atoms with Crippen LogP contribution in [0.4, 0.5) is 17.1 Å². The lowest BCUT2D eigenvalue weighted by Crippen LogP contribution is -2.55. The molecule has 1 nitrogen and oxygen atoms in total. The van der Waals surface area contributed by atoms with Gasteiger partial charge in [-0.25, -0.2) is 0 Å². The summed E-state index contributed by atoms with van der Waals surface area (Å²) < 4.78 is 0. The van der Waals surface area contributed by atoms with Crippen LogP contribution in [0.2, 0.25) is 0 Å². The summed E-state index contributed by atoms with van der Waals surface area (Å²) in [6, 6.07) is 57.9. The summed E-state index contributed by atoms with van der Waals surface area (Å²) in [5.41, 5.74) is 18.1. The van der Waals surface area contributed by atoms with Gasteiger partial charge in [0.05, 0.1) is 5.69 Å². The molecule has 0 N–H and O–H groups in total. The zero-order chi connectivity index (χ0) is 35.8. The molecule has 0 aromatic heterocycles. The average Bonchev–Trinajstić information content (AvgIpc) is 3.63. The minimum atomic E-state index is -0.0746. The Bertz CT molecular complexity index is 2630. The maximum Gasteiger partial charge on any atom is 0.0540 e. The smallest absolute Gasteiger partial charge is 0.0540 e. The highest BCUT2D eigenvalue weighted by molar-refractivity contribution is 6.00. The number of nitrogens with zero attached hydrogens (tertiary/aromatic N) is 1. The van der Waals surface area contributed by atoms with Gasteiger partial charge in [-0.05, 0) is 147 Å². The average molecular weight is 696 g/mol. The molecular formula is C53H45N. The lowest BCUT2D eigenvalue weighted by molar-refractivity contribution is -0.0399. The number of benzene rings is 7. The van der Waals surface area contributed by atoms with Crippen molar-refractivity contribution in [1.29, 1.82) is 0 Å². The van der Waals surface area contributed by atoms with Gasteiger partial charge in [0.1, 0.15) is 0 Å². The molecule has 6 aliphatic rings. The topological polar surface area (TPSA) is 3.24 Å². The molecule has 0 heterocycles. The van der Waals surface area contributed by atoms with E-state index in [0.29, 0.717) is 0 Å². The van der Waals surface area contributed by atoms with E-state index in [-0.39, 0.29) is 10.8 Å². The third-order valence-electron chi connectivity index (χ3n) is 14.8. The van der Waals surface area contributed by atoms with E-state index in [4.69, 9.17) is 0 Å². The summed E-state index contributed by atoms with van der Waals surface area (Å²) in [4.78, 5) is 2.49. The summed E-state index contributed by atoms with van der Waals surface area (Å²) in [5, 5.41) is 2.51. The fourth-order valence-corrected chi connectivity index (χ4v) is 12.9. The molecule has 0 radical (unpaired) electrons. The first-order valence-corrected chi connectivity index (χ1v) is 20.4. The predicted molar refractivity (Wildman–Crippen MR) is 225 cm³/mol. The van der Waals surface area contributed by atoms with Crippen LogP contribution in [0.25, 0.3) is 44.2 Å². The van der Waals surface area contributed by atoms with Gasteiger partial charge in [-0.3, -0.25) is 0 Å². The van der Waals surface area contributed by atoms with Crippen molar-refractivity contribution in [3.63, 3.8) is 0 Å². The second-order valence-electron chi connectivity index (χ2n) is 17.7. The van der Waals surface area contributed by atoms with Gasteiger partial charge >= 0.3 is 0 Å². The summed E-state index contributed by atoms with van der Waals surface area (Å²) in [6.07, 6.45) is 7.13. The fraction of sp³-hybridized carbons (Fsp3) is 0.245. The first kappa shape index (κ1) is 31.0. The molecule has 0 atom stereocenters. The van der Waals surface area contributed by atoms with Crippen LogP contribution in [-0.2, 0) is 10.8 Å². The number of fused-ring (bicyclic) bond motifs is 7. The van der Waals surface area contributed by atoms with Gasteiger partial charge < -0.3 is 4.90 Å². The maximum atomic E-state index is 2.52. The molecule has 0 amide bonds. The standard InChI is InChI=1S/C53H45N/c1-52(2)46-17-7-5-14-43(46)44-26-25-40(32-49(44)52)54(50-20-9-12-35-11-3-4-13-41(35)50)39-23-21-36(22-24-39)42-16-10-19-48-51(42)45-15-6-8-18-47(45)53(48)37-28-33-27-34(30-37)31-38(53)29-33/h3-26,32-34,37-38H,27-31H2,1-2H3. The van der Waals surface area contributed by atoms with E-state index >= 15 is 0 Å². The Kier molecular flexibility index (Phi) is 6.36. The lowest BCUT2D eigenvalue weighted by atomic mass is 9.43. The summed E-state index contributed by atoms with van der Waals surface area (Å²) in [5.74, 6) is 3.44. The van der Waals surface area contributed by atoms with Crippen molar-refractivity contribution in [1.82, 2.24) is 0 Å². The van der Waals surface area contributed by atoms with E-state index in [1.165, 1.54) is 104 Å². The van der Waals surface area contributed by atoms with Gasteiger partial charge in [0.2, 0.25) is 0 Å². The molecule has 4 bridgehead atoms. The van der Waals surface area contributed by atoms with Gasteiger partial charge in [-0.15, -0.1) is 0 Å². The molecule has 7 aromatic carbocycles. The van der Waals surface area contributed by atoms with Crippen LogP contribution in [-0.4, -0.2) is 0 Å². The van der Waals surface area contributed by atoms with Gasteiger partial charge in [0, 0.05) is 27.6 Å². The highest BCUT2D eigenvalue weighted by Crippen LogP contribution is 2.70. The zero-order valence-corrected chi connectivity index (χ0v) is 31.2. The van der Waals surface area contributed by atoms with Crippen molar-refractivity contribution >= 4 is 27.8 Å². The van der Waals surface area contributed by atoms with Crippen molar-refractivity contribution in [2.45, 2.75) is 56.8 Å². The van der Waals surface area contributed by atoms with Crippen molar-refractivity contribution in [3.05, 3.63) is 174 Å². The van der Waals surface area contributed by atoms with Crippen LogP contribution in [0.1, 0.15) is 68.2 Å². The van der Waals surface area contributed by atoms with E-state index in [9.17, 15) is 0 Å². The van der Waals surface area contributed by atoms with Gasteiger partial charge in [0.15, 0.2) is 0 Å². The predicted octanol–water partition coefficient (Wildman–Crippen LogP) is 14.0. The van der Waals surface area contributed by atoms with Crippen LogP contribution < -0.4 is 4.90 Å². The van der Waals surface area contributed by atoms with Crippen LogP contribution in [0, 0.1) is 23.7 Å². The van der Waals surface area contributed by atoms with Crippen molar-refractivity contribution in [2.75, 3.05) is 4.90 Å². The SMILES string of the molecule is CC1(C)c2ccccc2-c2ccc(N(c3ccc(-c4cccc5c4-c4ccccc4C54C5CC6CC(C5)CC4C6)cc3)c3cccc4ccccc34)cc21. The molecule has 4 fully saturated rings. The monoisotopic (exact) mass is 695 g/mol. The van der Waals surface area contributed by atoms with Crippen LogP contribution in [0.15, 0.2) is 152 Å². The lowest BCUT2D eigenvalue weighted by Gasteiger charge is -2.61. The molecule has 1 heteroatoms. The van der Waals surface area contributed by atoms with E-state index in [1.807, 2.05) is 0 Å². The molecule has 4 saturated carbocycles. The summed E-state index contributed by atoms with van der Waals surface area (Å²) >= 11 is 0.